The number of likely N-dealkylation sites (tertiary alicyclic amines) is 1. The van der Waals surface area contributed by atoms with Gasteiger partial charge in [0.15, 0.2) is 0 Å². The second kappa shape index (κ2) is 7.14. The molecule has 0 aromatic heterocycles. The van der Waals surface area contributed by atoms with Gasteiger partial charge in [-0.2, -0.15) is 0 Å². The third-order valence-electron chi connectivity index (χ3n) is 3.71. The molecule has 1 aliphatic heterocycles. The molecule has 0 radical (unpaired) electrons. The number of carbonyl (C=O) groups is 2. The van der Waals surface area contributed by atoms with Gasteiger partial charge in [-0.25, -0.2) is 0 Å². The molecule has 1 aliphatic rings. The van der Waals surface area contributed by atoms with Crippen LogP contribution in [0.15, 0.2) is 18.2 Å². The second-order valence-electron chi connectivity index (χ2n) is 5.35. The van der Waals surface area contributed by atoms with Gasteiger partial charge in [0, 0.05) is 35.1 Å². The van der Waals surface area contributed by atoms with Gasteiger partial charge >= 0.3 is 5.97 Å². The summed E-state index contributed by atoms with van der Waals surface area (Å²) in [6.07, 6.45) is 2.54. The molecule has 1 heterocycles. The predicted octanol–water partition coefficient (Wildman–Crippen LogP) is 3.71. The number of halogens is 2. The first kappa shape index (κ1) is 16.1. The van der Waals surface area contributed by atoms with Gasteiger partial charge < -0.3 is 10.0 Å². The van der Waals surface area contributed by atoms with Crippen molar-refractivity contribution >= 4 is 35.1 Å². The maximum atomic E-state index is 12.5. The highest BCUT2D eigenvalue weighted by Crippen LogP contribution is 2.24. The summed E-state index contributed by atoms with van der Waals surface area (Å²) < 4.78 is 0. The van der Waals surface area contributed by atoms with Crippen LogP contribution in [-0.2, 0) is 4.79 Å². The van der Waals surface area contributed by atoms with E-state index in [4.69, 9.17) is 28.3 Å². The normalized spacial score (nSPS) is 19.1. The van der Waals surface area contributed by atoms with E-state index in [1.165, 1.54) is 0 Å². The van der Waals surface area contributed by atoms with Gasteiger partial charge in [-0.3, -0.25) is 9.59 Å². The smallest absolute Gasteiger partial charge is 0.303 e. The van der Waals surface area contributed by atoms with Gasteiger partial charge in [0.1, 0.15) is 0 Å². The fraction of sp³-hybridized carbons (Fsp3) is 0.467. The van der Waals surface area contributed by atoms with E-state index in [0.717, 1.165) is 12.8 Å². The summed E-state index contributed by atoms with van der Waals surface area (Å²) in [6.45, 7) is 1.21. The number of hydrogen-bond acceptors (Lipinski definition) is 2. The van der Waals surface area contributed by atoms with Crippen molar-refractivity contribution in [3.63, 3.8) is 0 Å². The number of hydrogen-bond donors (Lipinski definition) is 1. The number of benzene rings is 1. The highest BCUT2D eigenvalue weighted by molar-refractivity contribution is 6.35. The first-order valence-corrected chi connectivity index (χ1v) is 7.68. The van der Waals surface area contributed by atoms with E-state index < -0.39 is 5.97 Å². The molecule has 0 spiro atoms. The molecule has 1 amide bonds. The predicted molar refractivity (Wildman–Crippen MR) is 82.0 cm³/mol. The molecule has 1 aromatic carbocycles. The molecule has 0 saturated carbocycles. The minimum atomic E-state index is -0.776. The molecule has 4 nitrogen and oxygen atoms in total. The minimum absolute atomic E-state index is 0.102. The molecule has 114 valence electrons. The first-order chi connectivity index (χ1) is 9.95. The first-order valence-electron chi connectivity index (χ1n) is 6.93. The molecule has 2 rings (SSSR count). The summed E-state index contributed by atoms with van der Waals surface area (Å²) in [5.74, 6) is -0.736. The van der Waals surface area contributed by atoms with E-state index in [1.807, 2.05) is 0 Å². The van der Waals surface area contributed by atoms with E-state index >= 15 is 0 Å². The third-order valence-corrected chi connectivity index (χ3v) is 4.14. The third kappa shape index (κ3) is 4.61. The van der Waals surface area contributed by atoms with E-state index in [2.05, 4.69) is 0 Å². The van der Waals surface area contributed by atoms with Gasteiger partial charge in [-0.1, -0.05) is 23.2 Å². The molecule has 1 atom stereocenters. The Balaban J connectivity index is 2.04. The Morgan fingerprint density at radius 2 is 1.81 bits per heavy atom. The quantitative estimate of drug-likeness (QED) is 0.919. The van der Waals surface area contributed by atoms with Crippen molar-refractivity contribution in [1.82, 2.24) is 4.90 Å². The molecule has 0 bridgehead atoms. The van der Waals surface area contributed by atoms with Crippen LogP contribution in [0.1, 0.15) is 36.0 Å². The van der Waals surface area contributed by atoms with Crippen LogP contribution in [0.2, 0.25) is 10.0 Å². The van der Waals surface area contributed by atoms with Gasteiger partial charge in [0.25, 0.3) is 5.91 Å². The van der Waals surface area contributed by atoms with Gasteiger partial charge in [0.05, 0.1) is 0 Å². The fourth-order valence-corrected chi connectivity index (χ4v) is 3.21. The van der Waals surface area contributed by atoms with Crippen molar-refractivity contribution < 1.29 is 14.7 Å². The largest absolute Gasteiger partial charge is 0.481 e. The summed E-state index contributed by atoms with van der Waals surface area (Å²) in [4.78, 5) is 25.0. The number of carboxylic acid groups (broad SMARTS) is 1. The van der Waals surface area contributed by atoms with Gasteiger partial charge in [-0.05, 0) is 43.4 Å². The van der Waals surface area contributed by atoms with E-state index in [9.17, 15) is 9.59 Å². The Bertz CT molecular complexity index is 527. The minimum Gasteiger partial charge on any atom is -0.481 e. The molecule has 6 heteroatoms. The lowest BCUT2D eigenvalue weighted by Crippen LogP contribution is -2.32. The van der Waals surface area contributed by atoms with Crippen LogP contribution in [0.5, 0.6) is 0 Å². The van der Waals surface area contributed by atoms with Crippen molar-refractivity contribution in [2.45, 2.75) is 25.7 Å². The Morgan fingerprint density at radius 1 is 1.14 bits per heavy atom. The highest BCUT2D eigenvalue weighted by atomic mass is 35.5. The zero-order valence-corrected chi connectivity index (χ0v) is 13.0. The second-order valence-corrected chi connectivity index (χ2v) is 6.22. The lowest BCUT2D eigenvalue weighted by Gasteiger charge is -2.21. The van der Waals surface area contributed by atoms with Crippen molar-refractivity contribution in [2.75, 3.05) is 13.1 Å². The van der Waals surface area contributed by atoms with Crippen LogP contribution in [0.3, 0.4) is 0 Å². The maximum absolute atomic E-state index is 12.5. The number of nitrogens with zero attached hydrogens (tertiary/aromatic N) is 1. The van der Waals surface area contributed by atoms with Gasteiger partial charge in [0.2, 0.25) is 0 Å². The van der Waals surface area contributed by atoms with Crippen LogP contribution in [0.4, 0.5) is 0 Å². The molecule has 21 heavy (non-hydrogen) atoms. The Kier molecular flexibility index (Phi) is 5.48. The Hall–Kier alpha value is -1.26. The van der Waals surface area contributed by atoms with Crippen LogP contribution >= 0.6 is 23.2 Å². The van der Waals surface area contributed by atoms with Crippen LogP contribution in [0, 0.1) is 5.92 Å². The van der Waals surface area contributed by atoms with Crippen LogP contribution in [0.25, 0.3) is 0 Å². The van der Waals surface area contributed by atoms with Crippen molar-refractivity contribution in [1.29, 1.82) is 0 Å². The number of carbonyl (C=O) groups excluding carboxylic acids is 1. The SMILES string of the molecule is O=C(O)CC1CCCN(C(=O)c2cc(Cl)cc(Cl)c2)CC1. The molecular formula is C15H17Cl2NO3. The number of aliphatic carboxylic acids is 1. The Labute approximate surface area is 133 Å². The Morgan fingerprint density at radius 3 is 2.43 bits per heavy atom. The summed E-state index contributed by atoms with van der Waals surface area (Å²) in [6, 6.07) is 4.80. The summed E-state index contributed by atoms with van der Waals surface area (Å²) >= 11 is 11.9. The maximum Gasteiger partial charge on any atom is 0.303 e. The monoisotopic (exact) mass is 329 g/mol. The van der Waals surface area contributed by atoms with E-state index in [0.29, 0.717) is 35.1 Å². The van der Waals surface area contributed by atoms with Crippen molar-refractivity contribution in [2.24, 2.45) is 5.92 Å². The number of carboxylic acids is 1. The standard InChI is InChI=1S/C15H17Cl2NO3/c16-12-7-11(8-13(17)9-12)15(21)18-4-1-2-10(3-5-18)6-14(19)20/h7-10H,1-6H2,(H,19,20). The van der Waals surface area contributed by atoms with Gasteiger partial charge in [-0.15, -0.1) is 0 Å². The molecule has 1 saturated heterocycles. The number of rotatable bonds is 3. The average Bonchev–Trinajstić information content (AvgIpc) is 2.61. The summed E-state index contributed by atoms with van der Waals surface area (Å²) in [7, 11) is 0. The molecule has 1 unspecified atom stereocenters. The van der Waals surface area contributed by atoms with E-state index in [1.54, 1.807) is 23.1 Å². The van der Waals surface area contributed by atoms with Crippen molar-refractivity contribution in [3.8, 4) is 0 Å². The molecule has 1 fully saturated rings. The van der Waals surface area contributed by atoms with Crippen molar-refractivity contribution in [3.05, 3.63) is 33.8 Å². The zero-order chi connectivity index (χ0) is 15.4. The molecule has 1 N–H and O–H groups in total. The lowest BCUT2D eigenvalue weighted by molar-refractivity contribution is -0.138. The fourth-order valence-electron chi connectivity index (χ4n) is 2.68. The summed E-state index contributed by atoms with van der Waals surface area (Å²) in [5.41, 5.74) is 0.476. The molecular weight excluding hydrogens is 313 g/mol. The highest BCUT2D eigenvalue weighted by Gasteiger charge is 2.23. The zero-order valence-electron chi connectivity index (χ0n) is 11.5. The van der Waals surface area contributed by atoms with Crippen LogP contribution < -0.4 is 0 Å². The molecule has 0 aliphatic carbocycles. The summed E-state index contributed by atoms with van der Waals surface area (Å²) in [5, 5.41) is 9.73. The van der Waals surface area contributed by atoms with E-state index in [-0.39, 0.29) is 18.2 Å². The number of amides is 1. The van der Waals surface area contributed by atoms with Crippen LogP contribution in [-0.4, -0.2) is 35.0 Å². The topological polar surface area (TPSA) is 57.6 Å². The molecule has 1 aromatic rings. The lowest BCUT2D eigenvalue weighted by atomic mass is 9.97. The average molecular weight is 330 g/mol.